The number of likely N-dealkylation sites (tertiary alicyclic amines) is 1. The first-order valence-electron chi connectivity index (χ1n) is 8.05. The predicted molar refractivity (Wildman–Crippen MR) is 98.7 cm³/mol. The molecule has 140 valence electrons. The highest BCUT2D eigenvalue weighted by Gasteiger charge is 2.28. The Balaban J connectivity index is 1.94. The topological polar surface area (TPSA) is 87.7 Å². The molecule has 1 heterocycles. The average Bonchev–Trinajstić information content (AvgIpc) is 2.53. The van der Waals surface area contributed by atoms with Crippen molar-refractivity contribution in [3.05, 3.63) is 23.2 Å². The highest BCUT2D eigenvalue weighted by molar-refractivity contribution is 7.88. The molecule has 0 aromatic heterocycles. The molecule has 1 atom stereocenters. The minimum atomic E-state index is -3.20. The molecule has 1 aliphatic rings. The maximum Gasteiger partial charge on any atom is 0.241 e. The smallest absolute Gasteiger partial charge is 0.241 e. The predicted octanol–water partition coefficient (Wildman–Crippen LogP) is 1.69. The van der Waals surface area contributed by atoms with Crippen LogP contribution in [-0.4, -0.2) is 57.8 Å². The summed E-state index contributed by atoms with van der Waals surface area (Å²) in [5.74, 6) is 0.385. The molecule has 2 N–H and O–H groups in total. The Hall–Kier alpha value is -1.35. The number of benzene rings is 1. The summed E-state index contributed by atoms with van der Waals surface area (Å²) in [7, 11) is -1.67. The molecule has 0 unspecified atom stereocenters. The molecule has 1 saturated heterocycles. The summed E-state index contributed by atoms with van der Waals surface area (Å²) in [4.78, 5) is 14.6. The number of sulfonamides is 1. The molecular formula is C16H24ClN3O4S. The number of anilines is 1. The van der Waals surface area contributed by atoms with Crippen LogP contribution in [0.1, 0.15) is 19.8 Å². The van der Waals surface area contributed by atoms with Crippen LogP contribution in [-0.2, 0) is 14.8 Å². The van der Waals surface area contributed by atoms with Crippen molar-refractivity contribution in [2.75, 3.05) is 31.8 Å². The van der Waals surface area contributed by atoms with Crippen molar-refractivity contribution in [1.82, 2.24) is 9.62 Å². The monoisotopic (exact) mass is 389 g/mol. The Kier molecular flexibility index (Phi) is 6.67. The Bertz CT molecular complexity index is 718. The van der Waals surface area contributed by atoms with Crippen LogP contribution in [0, 0.1) is 0 Å². The molecule has 2 rings (SSSR count). The summed E-state index contributed by atoms with van der Waals surface area (Å²) in [5, 5.41) is 3.36. The molecule has 1 amide bonds. The average molecular weight is 390 g/mol. The Morgan fingerprint density at radius 2 is 2.00 bits per heavy atom. The summed E-state index contributed by atoms with van der Waals surface area (Å²) in [6.45, 7) is 3.12. The summed E-state index contributed by atoms with van der Waals surface area (Å²) < 4.78 is 30.5. The van der Waals surface area contributed by atoms with Crippen LogP contribution >= 0.6 is 11.6 Å². The van der Waals surface area contributed by atoms with E-state index in [4.69, 9.17) is 16.3 Å². The van der Waals surface area contributed by atoms with Crippen LogP contribution in [0.15, 0.2) is 18.2 Å². The fourth-order valence-electron chi connectivity index (χ4n) is 2.89. The largest absolute Gasteiger partial charge is 0.495 e. The molecule has 0 aliphatic carbocycles. The maximum atomic E-state index is 12.5. The molecular weight excluding hydrogens is 366 g/mol. The summed E-state index contributed by atoms with van der Waals surface area (Å²) >= 11 is 5.98. The van der Waals surface area contributed by atoms with Crippen molar-refractivity contribution in [1.29, 1.82) is 0 Å². The van der Waals surface area contributed by atoms with Crippen LogP contribution in [0.4, 0.5) is 5.69 Å². The van der Waals surface area contributed by atoms with Crippen molar-refractivity contribution in [3.8, 4) is 5.75 Å². The molecule has 7 nitrogen and oxygen atoms in total. The van der Waals surface area contributed by atoms with Gasteiger partial charge in [-0.25, -0.2) is 13.1 Å². The van der Waals surface area contributed by atoms with E-state index in [0.29, 0.717) is 42.4 Å². The van der Waals surface area contributed by atoms with E-state index in [-0.39, 0.29) is 18.0 Å². The van der Waals surface area contributed by atoms with E-state index in [1.54, 1.807) is 18.2 Å². The zero-order chi connectivity index (χ0) is 18.6. The zero-order valence-corrected chi connectivity index (χ0v) is 16.2. The number of methoxy groups -OCH3 is 1. The molecule has 0 radical (unpaired) electrons. The van der Waals surface area contributed by atoms with Crippen molar-refractivity contribution < 1.29 is 17.9 Å². The van der Waals surface area contributed by atoms with Gasteiger partial charge in [0.2, 0.25) is 15.9 Å². The molecule has 1 aliphatic heterocycles. The molecule has 9 heteroatoms. The van der Waals surface area contributed by atoms with Gasteiger partial charge in [-0.15, -0.1) is 0 Å². The first-order chi connectivity index (χ1) is 11.7. The zero-order valence-electron chi connectivity index (χ0n) is 14.6. The number of carbonyl (C=O) groups excluding carboxylic acids is 1. The van der Waals surface area contributed by atoms with Gasteiger partial charge in [-0.05, 0) is 38.0 Å². The normalized spacial score (nSPS) is 17.9. The van der Waals surface area contributed by atoms with Gasteiger partial charge in [0, 0.05) is 24.2 Å². The number of halogens is 1. The minimum absolute atomic E-state index is 0.0745. The number of ether oxygens (including phenoxy) is 1. The Labute approximate surface area is 153 Å². The van der Waals surface area contributed by atoms with Gasteiger partial charge in [-0.3, -0.25) is 9.69 Å². The van der Waals surface area contributed by atoms with Crippen molar-refractivity contribution in [2.24, 2.45) is 0 Å². The lowest BCUT2D eigenvalue weighted by atomic mass is 10.0. The number of rotatable bonds is 6. The number of nitrogens with zero attached hydrogens (tertiary/aromatic N) is 1. The van der Waals surface area contributed by atoms with Gasteiger partial charge in [0.15, 0.2) is 0 Å². The molecule has 0 bridgehead atoms. The van der Waals surface area contributed by atoms with E-state index in [9.17, 15) is 13.2 Å². The summed E-state index contributed by atoms with van der Waals surface area (Å²) in [6, 6.07) is 4.62. The second-order valence-corrected chi connectivity index (χ2v) is 8.43. The van der Waals surface area contributed by atoms with E-state index >= 15 is 0 Å². The van der Waals surface area contributed by atoms with Gasteiger partial charge in [-0.1, -0.05) is 11.6 Å². The second kappa shape index (κ2) is 8.35. The molecule has 1 aromatic rings. The van der Waals surface area contributed by atoms with Crippen molar-refractivity contribution >= 4 is 33.2 Å². The third-order valence-electron chi connectivity index (χ3n) is 4.26. The Morgan fingerprint density at radius 1 is 1.36 bits per heavy atom. The highest BCUT2D eigenvalue weighted by Crippen LogP contribution is 2.28. The highest BCUT2D eigenvalue weighted by atomic mass is 35.5. The first kappa shape index (κ1) is 20.0. The first-order valence-corrected chi connectivity index (χ1v) is 10.3. The van der Waals surface area contributed by atoms with Crippen molar-refractivity contribution in [2.45, 2.75) is 31.8 Å². The molecule has 1 fully saturated rings. The number of piperidine rings is 1. The maximum absolute atomic E-state index is 12.5. The second-order valence-electron chi connectivity index (χ2n) is 6.21. The minimum Gasteiger partial charge on any atom is -0.495 e. The fourth-order valence-corrected chi connectivity index (χ4v) is 3.90. The van der Waals surface area contributed by atoms with E-state index in [0.717, 1.165) is 6.26 Å². The molecule has 25 heavy (non-hydrogen) atoms. The lowest BCUT2D eigenvalue weighted by Gasteiger charge is -2.35. The standard InChI is InChI=1S/C16H24ClN3O4S/c1-11(20-8-6-13(7-9-20)19-25(3,22)23)16(21)18-14-10-12(17)4-5-15(14)24-2/h4-5,10-11,13,19H,6-9H2,1-3H3,(H,18,21)/t11-/m1/s1. The van der Waals surface area contributed by atoms with Gasteiger partial charge >= 0.3 is 0 Å². The number of hydrogen-bond donors (Lipinski definition) is 2. The van der Waals surface area contributed by atoms with Crippen molar-refractivity contribution in [3.63, 3.8) is 0 Å². The quantitative estimate of drug-likeness (QED) is 0.773. The number of carbonyl (C=O) groups is 1. The summed E-state index contributed by atoms with van der Waals surface area (Å²) in [5.41, 5.74) is 0.528. The van der Waals surface area contributed by atoms with Gasteiger partial charge in [0.1, 0.15) is 5.75 Å². The number of hydrogen-bond acceptors (Lipinski definition) is 5. The fraction of sp³-hybridized carbons (Fsp3) is 0.562. The van der Waals surface area contributed by atoms with Crippen LogP contribution < -0.4 is 14.8 Å². The van der Waals surface area contributed by atoms with E-state index in [1.807, 2.05) is 11.8 Å². The van der Waals surface area contributed by atoms with Gasteiger partial charge in [0.05, 0.1) is 25.1 Å². The van der Waals surface area contributed by atoms with Crippen LogP contribution in [0.3, 0.4) is 0 Å². The van der Waals surface area contributed by atoms with E-state index in [2.05, 4.69) is 10.0 Å². The summed E-state index contributed by atoms with van der Waals surface area (Å²) in [6.07, 6.45) is 2.50. The third-order valence-corrected chi connectivity index (χ3v) is 5.25. The van der Waals surface area contributed by atoms with Gasteiger partial charge in [-0.2, -0.15) is 0 Å². The lowest BCUT2D eigenvalue weighted by Crippen LogP contribution is -2.50. The molecule has 0 saturated carbocycles. The Morgan fingerprint density at radius 3 is 2.56 bits per heavy atom. The SMILES string of the molecule is COc1ccc(Cl)cc1NC(=O)[C@@H](C)N1CCC(NS(C)(=O)=O)CC1. The van der Waals surface area contributed by atoms with Gasteiger partial charge < -0.3 is 10.1 Å². The lowest BCUT2D eigenvalue weighted by molar-refractivity contribution is -0.121. The van der Waals surface area contributed by atoms with E-state index in [1.165, 1.54) is 7.11 Å². The van der Waals surface area contributed by atoms with E-state index < -0.39 is 10.0 Å². The number of amides is 1. The number of nitrogens with one attached hydrogen (secondary N) is 2. The molecule has 0 spiro atoms. The van der Waals surface area contributed by atoms with Crippen LogP contribution in [0.5, 0.6) is 5.75 Å². The van der Waals surface area contributed by atoms with Gasteiger partial charge in [0.25, 0.3) is 0 Å². The molecule has 1 aromatic carbocycles. The van der Waals surface area contributed by atoms with Crippen LogP contribution in [0.25, 0.3) is 0 Å². The van der Waals surface area contributed by atoms with Crippen LogP contribution in [0.2, 0.25) is 5.02 Å². The third kappa shape index (κ3) is 5.85.